The van der Waals surface area contributed by atoms with Crippen LogP contribution in [0, 0.1) is 6.92 Å². The van der Waals surface area contributed by atoms with Gasteiger partial charge in [0.25, 0.3) is 0 Å². The fourth-order valence-electron chi connectivity index (χ4n) is 3.25. The third-order valence-electron chi connectivity index (χ3n) is 4.37. The fourth-order valence-corrected chi connectivity index (χ4v) is 3.52. The number of aryl methyl sites for hydroxylation is 1. The molecular formula is C17H24F3N3S. The molecule has 1 aliphatic carbocycles. The van der Waals surface area contributed by atoms with Crippen molar-refractivity contribution in [1.29, 1.82) is 0 Å². The summed E-state index contributed by atoms with van der Waals surface area (Å²) >= 11 is 5.31. The zero-order chi connectivity index (χ0) is 17.9. The zero-order valence-electron chi connectivity index (χ0n) is 14.2. The lowest BCUT2D eigenvalue weighted by molar-refractivity contribution is -0.137. The smallest absolute Gasteiger partial charge is 0.358 e. The molecule has 0 heterocycles. The Balaban J connectivity index is 2.05. The minimum absolute atomic E-state index is 0.209. The molecule has 3 nitrogen and oxygen atoms in total. The van der Waals surface area contributed by atoms with Crippen molar-refractivity contribution in [2.24, 2.45) is 0 Å². The number of halogens is 3. The fraction of sp³-hybridized carbons (Fsp3) is 0.588. The second-order valence-corrected chi connectivity index (χ2v) is 7.01. The molecule has 0 saturated heterocycles. The maximum Gasteiger partial charge on any atom is 0.416 e. The van der Waals surface area contributed by atoms with Gasteiger partial charge < -0.3 is 15.5 Å². The number of rotatable bonds is 3. The van der Waals surface area contributed by atoms with Crippen molar-refractivity contribution in [2.75, 3.05) is 19.4 Å². The Hall–Kier alpha value is -1.34. The van der Waals surface area contributed by atoms with Gasteiger partial charge in [-0.05, 0) is 69.8 Å². The van der Waals surface area contributed by atoms with Gasteiger partial charge in [0.05, 0.1) is 5.56 Å². The molecule has 1 aliphatic rings. The third-order valence-corrected chi connectivity index (χ3v) is 4.59. The number of nitrogens with zero attached hydrogens (tertiary/aromatic N) is 1. The molecule has 0 aromatic heterocycles. The van der Waals surface area contributed by atoms with E-state index in [4.69, 9.17) is 12.2 Å². The Labute approximate surface area is 146 Å². The Morgan fingerprint density at radius 1 is 1.17 bits per heavy atom. The van der Waals surface area contributed by atoms with E-state index in [1.165, 1.54) is 6.42 Å². The first-order valence-electron chi connectivity index (χ1n) is 8.09. The van der Waals surface area contributed by atoms with E-state index < -0.39 is 11.7 Å². The van der Waals surface area contributed by atoms with E-state index in [1.54, 1.807) is 13.0 Å². The van der Waals surface area contributed by atoms with Crippen molar-refractivity contribution in [3.05, 3.63) is 29.3 Å². The van der Waals surface area contributed by atoms with Gasteiger partial charge >= 0.3 is 6.18 Å². The van der Waals surface area contributed by atoms with Crippen molar-refractivity contribution >= 4 is 23.0 Å². The molecule has 0 spiro atoms. The molecule has 1 aromatic carbocycles. The first-order valence-corrected chi connectivity index (χ1v) is 8.50. The SMILES string of the molecule is Cc1cc(NC(=S)N[C@H]2CCCC[C@@H]2N(C)C)cc(C(F)(F)F)c1. The molecule has 134 valence electrons. The summed E-state index contributed by atoms with van der Waals surface area (Å²) in [5.41, 5.74) is 0.229. The number of nitrogens with one attached hydrogen (secondary N) is 2. The van der Waals surface area contributed by atoms with Gasteiger partial charge in [0.15, 0.2) is 5.11 Å². The Morgan fingerprint density at radius 3 is 2.46 bits per heavy atom. The summed E-state index contributed by atoms with van der Waals surface area (Å²) in [6.07, 6.45) is 0.0560. The van der Waals surface area contributed by atoms with Crippen LogP contribution in [0.15, 0.2) is 18.2 Å². The van der Waals surface area contributed by atoms with E-state index in [2.05, 4.69) is 15.5 Å². The Morgan fingerprint density at radius 2 is 1.83 bits per heavy atom. The van der Waals surface area contributed by atoms with Crippen LogP contribution >= 0.6 is 12.2 Å². The maximum absolute atomic E-state index is 12.9. The highest BCUT2D eigenvalue weighted by molar-refractivity contribution is 7.80. The summed E-state index contributed by atoms with van der Waals surface area (Å²) in [6.45, 7) is 1.64. The van der Waals surface area contributed by atoms with E-state index in [0.29, 0.717) is 22.4 Å². The van der Waals surface area contributed by atoms with Crippen LogP contribution in [-0.2, 0) is 6.18 Å². The second-order valence-electron chi connectivity index (χ2n) is 6.61. The lowest BCUT2D eigenvalue weighted by Gasteiger charge is -2.37. The highest BCUT2D eigenvalue weighted by Gasteiger charge is 2.31. The van der Waals surface area contributed by atoms with Gasteiger partial charge in [0.1, 0.15) is 0 Å². The van der Waals surface area contributed by atoms with Crippen LogP contribution in [0.25, 0.3) is 0 Å². The number of anilines is 1. The average molecular weight is 359 g/mol. The van der Waals surface area contributed by atoms with Gasteiger partial charge in [-0.2, -0.15) is 13.2 Å². The third kappa shape index (κ3) is 5.08. The molecule has 2 rings (SSSR count). The van der Waals surface area contributed by atoms with Crippen molar-refractivity contribution in [3.8, 4) is 0 Å². The van der Waals surface area contributed by atoms with Gasteiger partial charge in [-0.1, -0.05) is 12.8 Å². The molecule has 2 atom stereocenters. The Bertz CT molecular complexity index is 587. The van der Waals surface area contributed by atoms with Crippen LogP contribution in [-0.4, -0.2) is 36.2 Å². The summed E-state index contributed by atoms with van der Waals surface area (Å²) in [5.74, 6) is 0. The molecule has 1 saturated carbocycles. The number of thiocarbonyl (C=S) groups is 1. The molecule has 1 aromatic rings. The van der Waals surface area contributed by atoms with Gasteiger partial charge in [-0.15, -0.1) is 0 Å². The summed E-state index contributed by atoms with van der Waals surface area (Å²) in [4.78, 5) is 2.17. The Kier molecular flexibility index (Phi) is 6.09. The monoisotopic (exact) mass is 359 g/mol. The van der Waals surface area contributed by atoms with Gasteiger partial charge in [0.2, 0.25) is 0 Å². The molecular weight excluding hydrogens is 335 g/mol. The first-order chi connectivity index (χ1) is 11.2. The van der Waals surface area contributed by atoms with E-state index >= 15 is 0 Å². The molecule has 0 radical (unpaired) electrons. The number of hydrogen-bond acceptors (Lipinski definition) is 2. The van der Waals surface area contributed by atoms with Gasteiger partial charge in [-0.3, -0.25) is 0 Å². The van der Waals surface area contributed by atoms with Crippen LogP contribution in [0.2, 0.25) is 0 Å². The molecule has 0 bridgehead atoms. The van der Waals surface area contributed by atoms with E-state index in [1.807, 2.05) is 14.1 Å². The van der Waals surface area contributed by atoms with Crippen molar-refractivity contribution in [3.63, 3.8) is 0 Å². The van der Waals surface area contributed by atoms with Crippen LogP contribution in [0.1, 0.15) is 36.8 Å². The zero-order valence-corrected chi connectivity index (χ0v) is 15.0. The van der Waals surface area contributed by atoms with Crippen LogP contribution in [0.5, 0.6) is 0 Å². The number of likely N-dealkylation sites (N-methyl/N-ethyl adjacent to an activating group) is 1. The van der Waals surface area contributed by atoms with Gasteiger partial charge in [0, 0.05) is 17.8 Å². The lowest BCUT2D eigenvalue weighted by Crippen LogP contribution is -2.52. The molecule has 0 unspecified atom stereocenters. The number of alkyl halides is 3. The van der Waals surface area contributed by atoms with Crippen molar-refractivity contribution in [1.82, 2.24) is 10.2 Å². The predicted octanol–water partition coefficient (Wildman–Crippen LogP) is 4.17. The number of hydrogen-bond donors (Lipinski definition) is 2. The normalized spacial score (nSPS) is 21.6. The highest BCUT2D eigenvalue weighted by Crippen LogP contribution is 2.32. The predicted molar refractivity (Wildman–Crippen MR) is 95.3 cm³/mol. The molecule has 7 heteroatoms. The molecule has 0 amide bonds. The topological polar surface area (TPSA) is 27.3 Å². The second kappa shape index (κ2) is 7.70. The minimum atomic E-state index is -4.36. The molecule has 0 aliphatic heterocycles. The van der Waals surface area contributed by atoms with Crippen LogP contribution in [0.4, 0.5) is 18.9 Å². The number of benzene rings is 1. The lowest BCUT2D eigenvalue weighted by atomic mass is 9.90. The summed E-state index contributed by atoms with van der Waals surface area (Å²) < 4.78 is 38.7. The quantitative estimate of drug-likeness (QED) is 0.792. The molecule has 2 N–H and O–H groups in total. The molecule has 1 fully saturated rings. The minimum Gasteiger partial charge on any atom is -0.358 e. The standard InChI is InChI=1S/C17H24F3N3S/c1-11-8-12(17(18,19)20)10-13(9-11)21-16(24)22-14-6-4-5-7-15(14)23(2)3/h8-10,14-15H,4-7H2,1-3H3,(H2,21,22,24)/t14-,15-/m0/s1. The summed E-state index contributed by atoms with van der Waals surface area (Å²) in [5, 5.41) is 6.55. The van der Waals surface area contributed by atoms with E-state index in [9.17, 15) is 13.2 Å². The van der Waals surface area contributed by atoms with E-state index in [-0.39, 0.29) is 6.04 Å². The van der Waals surface area contributed by atoms with E-state index in [0.717, 1.165) is 31.4 Å². The largest absolute Gasteiger partial charge is 0.416 e. The molecule has 24 heavy (non-hydrogen) atoms. The van der Waals surface area contributed by atoms with Crippen LogP contribution < -0.4 is 10.6 Å². The summed E-state index contributed by atoms with van der Waals surface area (Å²) in [6, 6.07) is 4.46. The van der Waals surface area contributed by atoms with Crippen LogP contribution in [0.3, 0.4) is 0 Å². The van der Waals surface area contributed by atoms with Crippen molar-refractivity contribution < 1.29 is 13.2 Å². The first kappa shape index (κ1) is 19.0. The average Bonchev–Trinajstić information content (AvgIpc) is 2.45. The highest BCUT2D eigenvalue weighted by atomic mass is 32.1. The maximum atomic E-state index is 12.9. The van der Waals surface area contributed by atoms with Gasteiger partial charge in [-0.25, -0.2) is 0 Å². The van der Waals surface area contributed by atoms with Crippen molar-refractivity contribution in [2.45, 2.75) is 50.9 Å². The summed E-state index contributed by atoms with van der Waals surface area (Å²) in [7, 11) is 4.08.